The van der Waals surface area contributed by atoms with Gasteiger partial charge in [0.25, 0.3) is 0 Å². The molecule has 2 heterocycles. The topological polar surface area (TPSA) is 89.7 Å². The van der Waals surface area contributed by atoms with Crippen LogP contribution in [-0.2, 0) is 21.2 Å². The summed E-state index contributed by atoms with van der Waals surface area (Å²) < 4.78 is 37.0. The van der Waals surface area contributed by atoms with Gasteiger partial charge in [-0.05, 0) is 48.5 Å². The largest absolute Gasteiger partial charge is 0.494 e. The van der Waals surface area contributed by atoms with Crippen LogP contribution in [0.4, 0.5) is 5.13 Å². The molecule has 4 aromatic rings. The van der Waals surface area contributed by atoms with Gasteiger partial charge in [0.15, 0.2) is 15.0 Å². The average molecular weight is 491 g/mol. The van der Waals surface area contributed by atoms with Crippen molar-refractivity contribution >= 4 is 54.0 Å². The van der Waals surface area contributed by atoms with Crippen molar-refractivity contribution in [1.82, 2.24) is 4.98 Å². The van der Waals surface area contributed by atoms with E-state index in [9.17, 15) is 13.2 Å². The van der Waals surface area contributed by atoms with Crippen molar-refractivity contribution in [1.29, 1.82) is 0 Å². The zero-order chi connectivity index (χ0) is 22.7. The Morgan fingerprint density at radius 3 is 2.62 bits per heavy atom. The number of hydrogen-bond donors (Lipinski definition) is 0. The number of sulfone groups is 1. The van der Waals surface area contributed by atoms with E-state index in [0.29, 0.717) is 27.2 Å². The molecule has 4 rings (SSSR count). The first-order chi connectivity index (χ1) is 15.4. The first kappa shape index (κ1) is 22.3. The number of para-hydroxylation sites is 1. The fourth-order valence-corrected chi connectivity index (χ4v) is 5.48. The maximum atomic E-state index is 13.2. The molecule has 1 amide bonds. The number of hydrogen-bond acceptors (Lipinski definition) is 7. The fourth-order valence-electron chi connectivity index (χ4n) is 3.13. The lowest BCUT2D eigenvalue weighted by Gasteiger charge is -2.18. The van der Waals surface area contributed by atoms with Crippen molar-refractivity contribution in [2.75, 3.05) is 17.8 Å². The van der Waals surface area contributed by atoms with Crippen LogP contribution in [0.25, 0.3) is 10.2 Å². The van der Waals surface area contributed by atoms with E-state index < -0.39 is 9.84 Å². The van der Waals surface area contributed by atoms with Crippen molar-refractivity contribution in [2.45, 2.75) is 17.9 Å². The van der Waals surface area contributed by atoms with Gasteiger partial charge in [-0.2, -0.15) is 0 Å². The quantitative estimate of drug-likeness (QED) is 0.347. The minimum absolute atomic E-state index is 0.122. The Bertz CT molecular complexity index is 1330. The molecule has 7 nitrogen and oxygen atoms in total. The molecule has 2 aromatic carbocycles. The second-order valence-corrected chi connectivity index (χ2v) is 10.4. The standard InChI is InChI=1S/C22H19ClN2O5S2/c1-29-18-5-2-6-19-21(18)24-22(31-19)25(14-16-4-3-12-30-16)20(26)11-13-32(27,28)17-9-7-15(23)8-10-17/h2-10,12H,11,13-14H2,1H3. The van der Waals surface area contributed by atoms with E-state index in [1.54, 1.807) is 25.3 Å². The summed E-state index contributed by atoms with van der Waals surface area (Å²) in [6.45, 7) is 0.134. The Morgan fingerprint density at radius 1 is 1.16 bits per heavy atom. The maximum absolute atomic E-state index is 13.2. The smallest absolute Gasteiger partial charge is 0.230 e. The zero-order valence-corrected chi connectivity index (χ0v) is 19.4. The number of carbonyl (C=O) groups excluding carboxylic acids is 1. The van der Waals surface area contributed by atoms with Gasteiger partial charge in [-0.1, -0.05) is 29.0 Å². The van der Waals surface area contributed by atoms with Crippen molar-refractivity contribution in [3.05, 3.63) is 71.6 Å². The van der Waals surface area contributed by atoms with E-state index in [-0.39, 0.29) is 29.5 Å². The van der Waals surface area contributed by atoms with Crippen LogP contribution in [0.2, 0.25) is 5.02 Å². The van der Waals surface area contributed by atoms with Crippen LogP contribution in [0.5, 0.6) is 5.75 Å². The molecule has 0 N–H and O–H groups in total. The van der Waals surface area contributed by atoms with Gasteiger partial charge in [0.1, 0.15) is 17.0 Å². The van der Waals surface area contributed by atoms with Gasteiger partial charge in [0.2, 0.25) is 5.91 Å². The number of methoxy groups -OCH3 is 1. The van der Waals surface area contributed by atoms with Gasteiger partial charge in [-0.3, -0.25) is 9.69 Å². The van der Waals surface area contributed by atoms with Crippen molar-refractivity contribution in [3.63, 3.8) is 0 Å². The van der Waals surface area contributed by atoms with Gasteiger partial charge in [-0.15, -0.1) is 0 Å². The molecule has 0 bridgehead atoms. The number of benzene rings is 2. The molecule has 0 unspecified atom stereocenters. The van der Waals surface area contributed by atoms with Crippen LogP contribution < -0.4 is 9.64 Å². The molecular formula is C22H19ClN2O5S2. The highest BCUT2D eigenvalue weighted by atomic mass is 35.5. The van der Waals surface area contributed by atoms with Crippen molar-refractivity contribution in [2.24, 2.45) is 0 Å². The monoisotopic (exact) mass is 490 g/mol. The summed E-state index contributed by atoms with van der Waals surface area (Å²) in [6.07, 6.45) is 1.31. The van der Waals surface area contributed by atoms with Gasteiger partial charge in [0.05, 0.1) is 35.3 Å². The van der Waals surface area contributed by atoms with E-state index in [1.807, 2.05) is 12.1 Å². The third kappa shape index (κ3) is 4.79. The van der Waals surface area contributed by atoms with Crippen molar-refractivity contribution < 1.29 is 22.4 Å². The zero-order valence-electron chi connectivity index (χ0n) is 17.0. The van der Waals surface area contributed by atoms with Gasteiger partial charge in [0, 0.05) is 11.4 Å². The van der Waals surface area contributed by atoms with Gasteiger partial charge < -0.3 is 9.15 Å². The molecule has 0 radical (unpaired) electrons. The average Bonchev–Trinajstić information content (AvgIpc) is 3.45. The first-order valence-corrected chi connectivity index (χ1v) is 12.5. The minimum atomic E-state index is -3.65. The van der Waals surface area contributed by atoms with Crippen LogP contribution in [-0.4, -0.2) is 32.2 Å². The number of halogens is 1. The second kappa shape index (κ2) is 9.32. The number of thiazole rings is 1. The second-order valence-electron chi connectivity index (χ2n) is 6.89. The molecule has 0 aliphatic heterocycles. The molecule has 0 spiro atoms. The number of fused-ring (bicyclic) bond motifs is 1. The normalized spacial score (nSPS) is 11.6. The molecule has 0 aliphatic carbocycles. The highest BCUT2D eigenvalue weighted by Crippen LogP contribution is 2.35. The van der Waals surface area contributed by atoms with Crippen LogP contribution >= 0.6 is 22.9 Å². The minimum Gasteiger partial charge on any atom is -0.494 e. The molecule has 10 heteroatoms. The molecule has 166 valence electrons. The van der Waals surface area contributed by atoms with E-state index in [0.717, 1.165) is 4.70 Å². The number of amides is 1. The van der Waals surface area contributed by atoms with Gasteiger partial charge >= 0.3 is 0 Å². The van der Waals surface area contributed by atoms with Gasteiger partial charge in [-0.25, -0.2) is 13.4 Å². The van der Waals surface area contributed by atoms with Crippen LogP contribution in [0, 0.1) is 0 Å². The Kier molecular flexibility index (Phi) is 6.50. The third-order valence-corrected chi connectivity index (χ3v) is 7.80. The molecule has 2 aromatic heterocycles. The maximum Gasteiger partial charge on any atom is 0.230 e. The predicted octanol–water partition coefficient (Wildman–Crippen LogP) is 4.95. The molecule has 0 atom stereocenters. The summed E-state index contributed by atoms with van der Waals surface area (Å²) in [4.78, 5) is 19.3. The SMILES string of the molecule is COc1cccc2sc(N(Cc3ccco3)C(=O)CCS(=O)(=O)c3ccc(Cl)cc3)nc12. The fraction of sp³-hybridized carbons (Fsp3) is 0.182. The molecule has 0 aliphatic rings. The highest BCUT2D eigenvalue weighted by molar-refractivity contribution is 7.91. The lowest BCUT2D eigenvalue weighted by molar-refractivity contribution is -0.118. The number of anilines is 1. The highest BCUT2D eigenvalue weighted by Gasteiger charge is 2.25. The summed E-state index contributed by atoms with van der Waals surface area (Å²) in [6, 6.07) is 14.9. The van der Waals surface area contributed by atoms with E-state index in [1.165, 1.54) is 46.8 Å². The number of furan rings is 1. The van der Waals surface area contributed by atoms with Crippen molar-refractivity contribution in [3.8, 4) is 5.75 Å². The number of carbonyl (C=O) groups is 1. The molecular weight excluding hydrogens is 472 g/mol. The summed E-state index contributed by atoms with van der Waals surface area (Å²) in [5.41, 5.74) is 0.640. The number of ether oxygens (including phenoxy) is 1. The summed E-state index contributed by atoms with van der Waals surface area (Å²) in [5, 5.41) is 0.880. The summed E-state index contributed by atoms with van der Waals surface area (Å²) in [7, 11) is -2.09. The summed E-state index contributed by atoms with van der Waals surface area (Å²) in [5.74, 6) is 0.443. The third-order valence-electron chi connectivity index (χ3n) is 4.77. The van der Waals surface area contributed by atoms with E-state index in [2.05, 4.69) is 4.98 Å². The Balaban J connectivity index is 1.60. The number of nitrogens with zero attached hydrogens (tertiary/aromatic N) is 2. The molecule has 32 heavy (non-hydrogen) atoms. The van der Waals surface area contributed by atoms with E-state index in [4.69, 9.17) is 20.8 Å². The Hall–Kier alpha value is -2.88. The van der Waals surface area contributed by atoms with Crippen LogP contribution in [0.15, 0.2) is 70.2 Å². The number of rotatable bonds is 8. The lowest BCUT2D eigenvalue weighted by atomic mass is 10.3. The van der Waals surface area contributed by atoms with Crippen LogP contribution in [0.1, 0.15) is 12.2 Å². The van der Waals surface area contributed by atoms with Crippen LogP contribution in [0.3, 0.4) is 0 Å². The Labute approximate surface area is 194 Å². The molecule has 0 saturated heterocycles. The molecule has 0 saturated carbocycles. The summed E-state index contributed by atoms with van der Waals surface area (Å²) >= 11 is 7.17. The van der Waals surface area contributed by atoms with E-state index >= 15 is 0 Å². The lowest BCUT2D eigenvalue weighted by Crippen LogP contribution is -2.31. The molecule has 0 fully saturated rings. The predicted molar refractivity (Wildman–Crippen MR) is 124 cm³/mol. The number of aromatic nitrogens is 1. The first-order valence-electron chi connectivity index (χ1n) is 9.62. The Morgan fingerprint density at radius 2 is 1.94 bits per heavy atom.